The molecule has 4 N–H and O–H groups in total. The molecule has 0 atom stereocenters. The maximum absolute atomic E-state index is 12.7. The molecular formula is C24H26N6O4. The Balaban J connectivity index is 1.50. The van der Waals surface area contributed by atoms with Crippen molar-refractivity contribution < 1.29 is 9.59 Å². The maximum atomic E-state index is 12.7. The molecule has 1 saturated heterocycles. The third kappa shape index (κ3) is 4.85. The number of nitrogens with zero attached hydrogens (tertiary/aromatic N) is 3. The lowest BCUT2D eigenvalue weighted by molar-refractivity contribution is -0.117. The summed E-state index contributed by atoms with van der Waals surface area (Å²) in [5.41, 5.74) is 7.03. The van der Waals surface area contributed by atoms with Gasteiger partial charge in [0.25, 0.3) is 5.56 Å². The molecule has 2 heterocycles. The van der Waals surface area contributed by atoms with Crippen LogP contribution in [0.15, 0.2) is 64.2 Å². The molecule has 10 nitrogen and oxygen atoms in total. The number of nitrogens with two attached hydrogens (primary N) is 1. The molecule has 0 spiro atoms. The van der Waals surface area contributed by atoms with E-state index in [9.17, 15) is 19.2 Å². The molecule has 0 saturated carbocycles. The first kappa shape index (κ1) is 22.8. The van der Waals surface area contributed by atoms with Gasteiger partial charge < -0.3 is 20.9 Å². The molecule has 1 aromatic heterocycles. The highest BCUT2D eigenvalue weighted by atomic mass is 16.2. The number of carbonyl (C=O) groups is 2. The molecule has 0 radical (unpaired) electrons. The summed E-state index contributed by atoms with van der Waals surface area (Å²) >= 11 is 0. The van der Waals surface area contributed by atoms with Gasteiger partial charge in [-0.3, -0.25) is 23.9 Å². The zero-order valence-electron chi connectivity index (χ0n) is 18.8. The lowest BCUT2D eigenvalue weighted by Crippen LogP contribution is -2.39. The minimum Gasteiger partial charge on any atom is -0.383 e. The number of benzene rings is 2. The highest BCUT2D eigenvalue weighted by Gasteiger charge is 2.22. The van der Waals surface area contributed by atoms with E-state index in [-0.39, 0.29) is 36.4 Å². The molecule has 3 aromatic rings. The number of hydrogen-bond donors (Lipinski definition) is 3. The highest BCUT2D eigenvalue weighted by Crippen LogP contribution is 2.24. The van der Waals surface area contributed by atoms with Crippen LogP contribution in [0.1, 0.15) is 18.4 Å². The van der Waals surface area contributed by atoms with Crippen molar-refractivity contribution in [1.29, 1.82) is 0 Å². The van der Waals surface area contributed by atoms with Crippen LogP contribution in [0.25, 0.3) is 0 Å². The topological polar surface area (TPSA) is 134 Å². The molecule has 2 amide bonds. The predicted octanol–water partition coefficient (Wildman–Crippen LogP) is 1.37. The SMILES string of the molecule is CN(CC(=O)Nc1cccc(N2CCCC2=O)c1)c1c(N)n(Cc2ccccc2)c(=O)[nH]c1=O. The number of hydrogen-bond acceptors (Lipinski definition) is 6. The van der Waals surface area contributed by atoms with Crippen molar-refractivity contribution in [2.24, 2.45) is 0 Å². The number of H-pyrrole nitrogens is 1. The van der Waals surface area contributed by atoms with E-state index in [2.05, 4.69) is 10.3 Å². The van der Waals surface area contributed by atoms with Crippen LogP contribution in [-0.4, -0.2) is 41.5 Å². The molecule has 34 heavy (non-hydrogen) atoms. The van der Waals surface area contributed by atoms with Crippen molar-refractivity contribution >= 4 is 34.7 Å². The lowest BCUT2D eigenvalue weighted by Gasteiger charge is -2.22. The van der Waals surface area contributed by atoms with Gasteiger partial charge in [0.2, 0.25) is 11.8 Å². The van der Waals surface area contributed by atoms with Crippen molar-refractivity contribution in [1.82, 2.24) is 9.55 Å². The van der Waals surface area contributed by atoms with Crippen LogP contribution in [0.2, 0.25) is 0 Å². The summed E-state index contributed by atoms with van der Waals surface area (Å²) in [5.74, 6) is -0.349. The Labute approximate surface area is 195 Å². The average Bonchev–Trinajstić information content (AvgIpc) is 3.23. The summed E-state index contributed by atoms with van der Waals surface area (Å²) in [7, 11) is 1.55. The molecular weight excluding hydrogens is 436 g/mol. The third-order valence-electron chi connectivity index (χ3n) is 5.68. The van der Waals surface area contributed by atoms with Gasteiger partial charge >= 0.3 is 5.69 Å². The first-order valence-electron chi connectivity index (χ1n) is 10.9. The van der Waals surface area contributed by atoms with E-state index in [0.717, 1.165) is 17.7 Å². The van der Waals surface area contributed by atoms with Crippen LogP contribution in [0.4, 0.5) is 22.9 Å². The quantitative estimate of drug-likeness (QED) is 0.486. The molecule has 176 valence electrons. The third-order valence-corrected chi connectivity index (χ3v) is 5.68. The molecule has 1 aliphatic heterocycles. The van der Waals surface area contributed by atoms with E-state index in [0.29, 0.717) is 18.7 Å². The Hall–Kier alpha value is -4.34. The van der Waals surface area contributed by atoms with E-state index in [1.165, 1.54) is 9.47 Å². The second-order valence-corrected chi connectivity index (χ2v) is 8.17. The lowest BCUT2D eigenvalue weighted by atomic mass is 10.2. The molecule has 2 aromatic carbocycles. The van der Waals surface area contributed by atoms with Gasteiger partial charge in [-0.1, -0.05) is 36.4 Å². The van der Waals surface area contributed by atoms with Crippen LogP contribution >= 0.6 is 0 Å². The maximum Gasteiger partial charge on any atom is 0.330 e. The monoisotopic (exact) mass is 462 g/mol. The molecule has 0 aliphatic carbocycles. The smallest absolute Gasteiger partial charge is 0.330 e. The van der Waals surface area contributed by atoms with E-state index in [1.807, 2.05) is 36.4 Å². The summed E-state index contributed by atoms with van der Waals surface area (Å²) in [6.45, 7) is 0.654. The fraction of sp³-hybridized carbons (Fsp3) is 0.250. The standard InChI is InChI=1S/C24H26N6O4/c1-28(15-19(31)26-17-9-5-10-18(13-17)29-12-6-11-20(29)32)21-22(25)30(24(34)27-23(21)33)14-16-7-3-2-4-8-16/h2-5,7-10,13H,6,11-12,14-15,25H2,1H3,(H,26,31)(H,27,33,34). The van der Waals surface area contributed by atoms with E-state index >= 15 is 0 Å². The van der Waals surface area contributed by atoms with Gasteiger partial charge in [0.05, 0.1) is 13.1 Å². The van der Waals surface area contributed by atoms with E-state index in [4.69, 9.17) is 5.73 Å². The van der Waals surface area contributed by atoms with Crippen LogP contribution in [-0.2, 0) is 16.1 Å². The molecule has 0 unspecified atom stereocenters. The van der Waals surface area contributed by atoms with Crippen molar-refractivity contribution in [3.8, 4) is 0 Å². The number of nitrogen functional groups attached to an aromatic ring is 1. The number of carbonyl (C=O) groups excluding carboxylic acids is 2. The number of likely N-dealkylation sites (N-methyl/N-ethyl adjacent to an activating group) is 1. The van der Waals surface area contributed by atoms with Crippen LogP contribution < -0.4 is 32.1 Å². The summed E-state index contributed by atoms with van der Waals surface area (Å²) in [5, 5.41) is 2.79. The second kappa shape index (κ2) is 9.65. The highest BCUT2D eigenvalue weighted by molar-refractivity contribution is 5.98. The molecule has 1 aliphatic rings. The number of aromatic amines is 1. The van der Waals surface area contributed by atoms with Crippen LogP contribution in [0.3, 0.4) is 0 Å². The minimum atomic E-state index is -0.670. The Bertz CT molecular complexity index is 1330. The first-order chi connectivity index (χ1) is 16.3. The van der Waals surface area contributed by atoms with Crippen molar-refractivity contribution in [3.05, 3.63) is 81.0 Å². The molecule has 0 bridgehead atoms. The minimum absolute atomic E-state index is 0.0255. The Morgan fingerprint density at radius 3 is 2.59 bits per heavy atom. The molecule has 10 heteroatoms. The largest absolute Gasteiger partial charge is 0.383 e. The number of anilines is 4. The van der Waals surface area contributed by atoms with Gasteiger partial charge in [-0.15, -0.1) is 0 Å². The normalized spacial score (nSPS) is 13.2. The van der Waals surface area contributed by atoms with Crippen molar-refractivity contribution in [2.75, 3.05) is 41.0 Å². The van der Waals surface area contributed by atoms with Gasteiger partial charge in [-0.25, -0.2) is 4.79 Å². The number of rotatable bonds is 7. The fourth-order valence-corrected chi connectivity index (χ4v) is 4.04. The van der Waals surface area contributed by atoms with Crippen LogP contribution in [0.5, 0.6) is 0 Å². The van der Waals surface area contributed by atoms with E-state index < -0.39 is 11.2 Å². The van der Waals surface area contributed by atoms with Crippen LogP contribution in [0, 0.1) is 0 Å². The van der Waals surface area contributed by atoms with Crippen molar-refractivity contribution in [3.63, 3.8) is 0 Å². The summed E-state index contributed by atoms with van der Waals surface area (Å²) in [6, 6.07) is 16.3. The second-order valence-electron chi connectivity index (χ2n) is 8.17. The summed E-state index contributed by atoms with van der Waals surface area (Å²) in [6.07, 6.45) is 1.33. The van der Waals surface area contributed by atoms with E-state index in [1.54, 1.807) is 30.1 Å². The van der Waals surface area contributed by atoms with Gasteiger partial charge in [0, 0.05) is 31.4 Å². The Kier molecular flexibility index (Phi) is 6.48. The zero-order chi connectivity index (χ0) is 24.2. The van der Waals surface area contributed by atoms with Crippen molar-refractivity contribution in [2.45, 2.75) is 19.4 Å². The molecule has 4 rings (SSSR count). The molecule has 1 fully saturated rings. The zero-order valence-corrected chi connectivity index (χ0v) is 18.8. The van der Waals surface area contributed by atoms with Gasteiger partial charge in [-0.2, -0.15) is 0 Å². The fourth-order valence-electron chi connectivity index (χ4n) is 4.04. The number of amides is 2. The van der Waals surface area contributed by atoms with Gasteiger partial charge in [0.1, 0.15) is 11.5 Å². The predicted molar refractivity (Wildman–Crippen MR) is 131 cm³/mol. The first-order valence-corrected chi connectivity index (χ1v) is 10.9. The van der Waals surface area contributed by atoms with Gasteiger partial charge in [-0.05, 0) is 30.2 Å². The van der Waals surface area contributed by atoms with Gasteiger partial charge in [0.15, 0.2) is 0 Å². The average molecular weight is 463 g/mol. The number of aromatic nitrogens is 2. The Morgan fingerprint density at radius 2 is 1.88 bits per heavy atom. The summed E-state index contributed by atoms with van der Waals surface area (Å²) in [4.78, 5) is 55.0. The Morgan fingerprint density at radius 1 is 1.12 bits per heavy atom. The summed E-state index contributed by atoms with van der Waals surface area (Å²) < 4.78 is 1.26. The number of nitrogens with one attached hydrogen (secondary N) is 2.